The minimum absolute atomic E-state index is 0. The third-order valence-electron chi connectivity index (χ3n) is 2.43. The molecule has 1 rings (SSSR count). The van der Waals surface area contributed by atoms with Gasteiger partial charge in [0.1, 0.15) is 0 Å². The van der Waals surface area contributed by atoms with E-state index in [9.17, 15) is 18.0 Å². The first kappa shape index (κ1) is 14.9. The van der Waals surface area contributed by atoms with E-state index in [0.29, 0.717) is 12.8 Å². The Morgan fingerprint density at radius 2 is 1.80 bits per heavy atom. The minimum Gasteiger partial charge on any atom is -1.00 e. The van der Waals surface area contributed by atoms with Crippen LogP contribution in [0.25, 0.3) is 0 Å². The average molecular weight is 338 g/mol. The highest BCUT2D eigenvalue weighted by atomic mass is 127. The van der Waals surface area contributed by atoms with E-state index in [0.717, 1.165) is 13.1 Å². The first-order chi connectivity index (χ1) is 6.39. The van der Waals surface area contributed by atoms with Crippen LogP contribution in [-0.2, 0) is 4.79 Å². The highest BCUT2D eigenvalue weighted by Gasteiger charge is 2.40. The molecule has 0 aromatic carbocycles. The average Bonchev–Trinajstić information content (AvgIpc) is 2.07. The maximum atomic E-state index is 11.9. The fourth-order valence-corrected chi connectivity index (χ4v) is 1.52. The van der Waals surface area contributed by atoms with Crippen molar-refractivity contribution >= 4 is 5.91 Å². The van der Waals surface area contributed by atoms with E-state index >= 15 is 0 Å². The van der Waals surface area contributed by atoms with Crippen molar-refractivity contribution < 1.29 is 46.8 Å². The van der Waals surface area contributed by atoms with Gasteiger partial charge in [-0.25, -0.2) is 0 Å². The molecule has 2 N–H and O–H groups in total. The van der Waals surface area contributed by atoms with Gasteiger partial charge in [0.15, 0.2) is 0 Å². The fourth-order valence-electron chi connectivity index (χ4n) is 1.52. The number of likely N-dealkylation sites (tertiary alicyclic amines) is 1. The molecule has 0 aromatic heterocycles. The Bertz CT molecular complexity index is 214. The van der Waals surface area contributed by atoms with Crippen LogP contribution in [0.2, 0.25) is 0 Å². The van der Waals surface area contributed by atoms with Gasteiger partial charge in [0.05, 0.1) is 20.1 Å². The highest BCUT2D eigenvalue weighted by Crippen LogP contribution is 2.15. The zero-order valence-corrected chi connectivity index (χ0v) is 10.5. The summed E-state index contributed by atoms with van der Waals surface area (Å²) >= 11 is 0. The second-order valence-electron chi connectivity index (χ2n) is 3.70. The second-order valence-corrected chi connectivity index (χ2v) is 3.70. The summed E-state index contributed by atoms with van der Waals surface area (Å²) in [6.45, 7) is 1.62. The molecule has 0 aliphatic carbocycles. The van der Waals surface area contributed by atoms with Gasteiger partial charge in [0.2, 0.25) is 0 Å². The van der Waals surface area contributed by atoms with Gasteiger partial charge in [-0.1, -0.05) is 0 Å². The van der Waals surface area contributed by atoms with Gasteiger partial charge >= 0.3 is 12.1 Å². The third-order valence-corrected chi connectivity index (χ3v) is 2.43. The number of quaternary nitrogens is 1. The summed E-state index contributed by atoms with van der Waals surface area (Å²) in [4.78, 5) is 11.9. The van der Waals surface area contributed by atoms with Crippen LogP contribution in [0.1, 0.15) is 12.8 Å². The predicted octanol–water partition coefficient (Wildman–Crippen LogP) is -3.65. The Hall–Kier alpha value is -0.0500. The Labute approximate surface area is 103 Å². The number of hydrogen-bond acceptors (Lipinski definition) is 1. The van der Waals surface area contributed by atoms with Gasteiger partial charge in [-0.05, 0) is 0 Å². The largest absolute Gasteiger partial charge is 1.00 e. The van der Waals surface area contributed by atoms with Crippen LogP contribution in [0.4, 0.5) is 13.2 Å². The van der Waals surface area contributed by atoms with Crippen LogP contribution in [0, 0.1) is 0 Å². The van der Waals surface area contributed by atoms with E-state index < -0.39 is 12.1 Å². The van der Waals surface area contributed by atoms with Crippen LogP contribution < -0.4 is 34.2 Å². The van der Waals surface area contributed by atoms with Crippen LogP contribution in [0.5, 0.6) is 0 Å². The number of carbonyl (C=O) groups is 1. The standard InChI is InChI=1S/C8H13F3N2O.HI/c1-13-4-2-6(3-5-13)12-7(14)8(9,10)11;/h6H,2-5H2,1H3,(H,12,14);1H. The SMILES string of the molecule is C[NH+]1CCC(NC(=O)C(F)(F)F)CC1.[I-]. The Balaban J connectivity index is 0.00000196. The molecule has 7 heteroatoms. The number of carbonyl (C=O) groups excluding carboxylic acids is 1. The van der Waals surface area contributed by atoms with Crippen molar-refractivity contribution in [3.63, 3.8) is 0 Å². The number of alkyl halides is 3. The lowest BCUT2D eigenvalue weighted by Gasteiger charge is -2.27. The summed E-state index contributed by atoms with van der Waals surface area (Å²) in [5, 5.41) is 2.00. The molecule has 0 radical (unpaired) electrons. The molecule has 1 amide bonds. The summed E-state index contributed by atoms with van der Waals surface area (Å²) in [5.74, 6) is -1.82. The maximum absolute atomic E-state index is 11.9. The summed E-state index contributed by atoms with van der Waals surface area (Å²) in [7, 11) is 1.99. The normalized spacial score (nSPS) is 26.7. The number of amides is 1. The first-order valence-electron chi connectivity index (χ1n) is 4.58. The molecule has 15 heavy (non-hydrogen) atoms. The Morgan fingerprint density at radius 3 is 2.20 bits per heavy atom. The molecule has 0 saturated carbocycles. The Kier molecular flexibility index (Phi) is 5.86. The number of hydrogen-bond donors (Lipinski definition) is 2. The lowest BCUT2D eigenvalue weighted by atomic mass is 10.1. The van der Waals surface area contributed by atoms with Crippen molar-refractivity contribution in [2.24, 2.45) is 0 Å². The van der Waals surface area contributed by atoms with Gasteiger partial charge in [-0.15, -0.1) is 0 Å². The number of rotatable bonds is 1. The van der Waals surface area contributed by atoms with Crippen molar-refractivity contribution in [2.75, 3.05) is 20.1 Å². The molecule has 0 bridgehead atoms. The molecule has 1 fully saturated rings. The van der Waals surface area contributed by atoms with E-state index in [1.807, 2.05) is 12.4 Å². The van der Waals surface area contributed by atoms with Gasteiger partial charge in [-0.3, -0.25) is 4.79 Å². The molecule has 0 spiro atoms. The Morgan fingerprint density at radius 1 is 1.33 bits per heavy atom. The molecule has 90 valence electrons. The highest BCUT2D eigenvalue weighted by molar-refractivity contribution is 5.81. The molecule has 0 aromatic rings. The van der Waals surface area contributed by atoms with E-state index in [2.05, 4.69) is 0 Å². The maximum Gasteiger partial charge on any atom is 0.471 e. The second kappa shape index (κ2) is 5.88. The number of halogens is 4. The molecule has 3 nitrogen and oxygen atoms in total. The van der Waals surface area contributed by atoms with Crippen LogP contribution in [0.15, 0.2) is 0 Å². The van der Waals surface area contributed by atoms with Gasteiger partial charge < -0.3 is 34.2 Å². The van der Waals surface area contributed by atoms with Crippen LogP contribution in [-0.4, -0.2) is 38.3 Å². The molecular formula is C8H14F3IN2O. The van der Waals surface area contributed by atoms with Gasteiger partial charge in [0, 0.05) is 18.9 Å². The monoisotopic (exact) mass is 338 g/mol. The number of piperidine rings is 1. The van der Waals surface area contributed by atoms with Crippen molar-refractivity contribution in [3.8, 4) is 0 Å². The van der Waals surface area contributed by atoms with Gasteiger partial charge in [0.25, 0.3) is 0 Å². The summed E-state index contributed by atoms with van der Waals surface area (Å²) in [6.07, 6.45) is -3.52. The minimum atomic E-state index is -4.75. The van der Waals surface area contributed by atoms with Crippen molar-refractivity contribution in [1.82, 2.24) is 5.32 Å². The summed E-state index contributed by atoms with van der Waals surface area (Å²) in [5.41, 5.74) is 0. The predicted molar refractivity (Wildman–Crippen MR) is 43.8 cm³/mol. The zero-order valence-electron chi connectivity index (χ0n) is 8.33. The van der Waals surface area contributed by atoms with E-state index in [4.69, 9.17) is 0 Å². The molecular weight excluding hydrogens is 324 g/mol. The smallest absolute Gasteiger partial charge is 0.471 e. The molecule has 0 unspecified atom stereocenters. The molecule has 1 heterocycles. The third kappa shape index (κ3) is 5.01. The lowest BCUT2D eigenvalue weighted by Crippen LogP contribution is -3.10. The zero-order chi connectivity index (χ0) is 10.8. The number of nitrogens with one attached hydrogen (secondary N) is 2. The fraction of sp³-hybridized carbons (Fsp3) is 0.875. The van der Waals surface area contributed by atoms with Crippen molar-refractivity contribution in [1.29, 1.82) is 0 Å². The lowest BCUT2D eigenvalue weighted by molar-refractivity contribution is -0.884. The first-order valence-corrected chi connectivity index (χ1v) is 4.58. The van der Waals surface area contributed by atoms with E-state index in [1.54, 1.807) is 0 Å². The molecule has 0 atom stereocenters. The summed E-state index contributed by atoms with van der Waals surface area (Å²) < 4.78 is 35.6. The quantitative estimate of drug-likeness (QED) is 0.475. The topological polar surface area (TPSA) is 33.5 Å². The van der Waals surface area contributed by atoms with E-state index in [-0.39, 0.29) is 30.0 Å². The van der Waals surface area contributed by atoms with Crippen LogP contribution >= 0.6 is 0 Å². The van der Waals surface area contributed by atoms with Crippen molar-refractivity contribution in [3.05, 3.63) is 0 Å². The van der Waals surface area contributed by atoms with Crippen LogP contribution in [0.3, 0.4) is 0 Å². The van der Waals surface area contributed by atoms with Gasteiger partial charge in [-0.2, -0.15) is 13.2 Å². The molecule has 1 aliphatic rings. The molecule has 1 saturated heterocycles. The summed E-state index contributed by atoms with van der Waals surface area (Å²) in [6, 6.07) is -0.312. The van der Waals surface area contributed by atoms with E-state index in [1.165, 1.54) is 4.90 Å². The van der Waals surface area contributed by atoms with Crippen molar-refractivity contribution in [2.45, 2.75) is 25.1 Å². The molecule has 1 aliphatic heterocycles.